The quantitative estimate of drug-likeness (QED) is 0.806. The lowest BCUT2D eigenvalue weighted by atomic mass is 10.1. The number of nitrogens with one attached hydrogen (secondary N) is 1. The number of aromatic nitrogens is 2. The Balaban J connectivity index is 1.70. The van der Waals surface area contributed by atoms with Gasteiger partial charge in [0.1, 0.15) is 0 Å². The van der Waals surface area contributed by atoms with Crippen molar-refractivity contribution in [3.63, 3.8) is 0 Å². The Hall–Kier alpha value is -1.14. The Labute approximate surface area is 101 Å². The molecule has 1 aromatic rings. The van der Waals surface area contributed by atoms with Crippen molar-refractivity contribution in [1.29, 1.82) is 0 Å². The molecule has 2 rings (SSSR count). The second-order valence-corrected chi connectivity index (χ2v) is 4.45. The van der Waals surface area contributed by atoms with Crippen LogP contribution in [0.4, 0.5) is 5.95 Å². The maximum atomic E-state index is 5.78. The van der Waals surface area contributed by atoms with Crippen molar-refractivity contribution in [3.05, 3.63) is 5.89 Å². The molecule has 1 fully saturated rings. The van der Waals surface area contributed by atoms with Gasteiger partial charge in [0.25, 0.3) is 5.95 Å². The van der Waals surface area contributed by atoms with Gasteiger partial charge in [0.05, 0.1) is 19.1 Å². The summed E-state index contributed by atoms with van der Waals surface area (Å²) < 4.78 is 10.9. The molecule has 0 bridgehead atoms. The molecule has 1 aromatic heterocycles. The van der Waals surface area contributed by atoms with Gasteiger partial charge in [-0.15, -0.1) is 0 Å². The fourth-order valence-corrected chi connectivity index (χ4v) is 1.80. The van der Waals surface area contributed by atoms with Crippen molar-refractivity contribution >= 4 is 5.95 Å². The monoisotopic (exact) mass is 240 g/mol. The maximum Gasteiger partial charge on any atom is 0.265 e. The van der Waals surface area contributed by atoms with Gasteiger partial charge in [0.15, 0.2) is 0 Å². The summed E-state index contributed by atoms with van der Waals surface area (Å²) in [5.74, 6) is 1.25. The van der Waals surface area contributed by atoms with Crippen molar-refractivity contribution in [3.8, 4) is 0 Å². The number of piperidine rings is 1. The standard InChI is InChI=1S/C11H20N4O2/c1-15(2)11-13-10(17-14-11)5-8-16-9-3-6-12-7-4-9/h9,12H,3-8H2,1-2H3. The van der Waals surface area contributed by atoms with Crippen LogP contribution in [0.5, 0.6) is 0 Å². The normalized spacial score (nSPS) is 17.3. The molecule has 1 aliphatic heterocycles. The third-order valence-corrected chi connectivity index (χ3v) is 2.81. The highest BCUT2D eigenvalue weighted by molar-refractivity contribution is 5.23. The average Bonchev–Trinajstić information content (AvgIpc) is 2.79. The Morgan fingerprint density at radius 2 is 2.18 bits per heavy atom. The van der Waals surface area contributed by atoms with E-state index in [4.69, 9.17) is 9.26 Å². The summed E-state index contributed by atoms with van der Waals surface area (Å²) in [5, 5.41) is 7.17. The Morgan fingerprint density at radius 1 is 1.41 bits per heavy atom. The van der Waals surface area contributed by atoms with Crippen LogP contribution in [-0.2, 0) is 11.2 Å². The second kappa shape index (κ2) is 5.97. The highest BCUT2D eigenvalue weighted by atomic mass is 16.5. The molecule has 0 atom stereocenters. The topological polar surface area (TPSA) is 63.4 Å². The molecule has 1 saturated heterocycles. The van der Waals surface area contributed by atoms with Crippen LogP contribution in [0.2, 0.25) is 0 Å². The van der Waals surface area contributed by atoms with Gasteiger partial charge in [-0.3, -0.25) is 0 Å². The van der Waals surface area contributed by atoms with E-state index >= 15 is 0 Å². The Morgan fingerprint density at radius 3 is 2.82 bits per heavy atom. The molecular formula is C11H20N4O2. The molecule has 6 heteroatoms. The maximum absolute atomic E-state index is 5.78. The average molecular weight is 240 g/mol. The summed E-state index contributed by atoms with van der Waals surface area (Å²) in [7, 11) is 3.78. The molecule has 0 amide bonds. The SMILES string of the molecule is CN(C)c1noc(CCOC2CCNCC2)n1. The molecule has 1 N–H and O–H groups in total. The van der Waals surface area contributed by atoms with Crippen LogP contribution >= 0.6 is 0 Å². The zero-order valence-electron chi connectivity index (χ0n) is 10.5. The summed E-state index contributed by atoms with van der Waals surface area (Å²) in [4.78, 5) is 6.07. The zero-order valence-corrected chi connectivity index (χ0v) is 10.5. The Kier molecular flexibility index (Phi) is 4.33. The number of anilines is 1. The summed E-state index contributed by atoms with van der Waals surface area (Å²) >= 11 is 0. The zero-order chi connectivity index (χ0) is 12.1. The fourth-order valence-electron chi connectivity index (χ4n) is 1.80. The second-order valence-electron chi connectivity index (χ2n) is 4.45. The van der Waals surface area contributed by atoms with E-state index in [-0.39, 0.29) is 0 Å². The van der Waals surface area contributed by atoms with Gasteiger partial charge in [-0.05, 0) is 31.1 Å². The van der Waals surface area contributed by atoms with Gasteiger partial charge >= 0.3 is 0 Å². The molecule has 0 saturated carbocycles. The highest BCUT2D eigenvalue weighted by Gasteiger charge is 2.14. The summed E-state index contributed by atoms with van der Waals surface area (Å²) in [5.41, 5.74) is 0. The molecule has 0 spiro atoms. The molecule has 96 valence electrons. The minimum atomic E-state index is 0.382. The first-order valence-corrected chi connectivity index (χ1v) is 6.08. The molecule has 17 heavy (non-hydrogen) atoms. The lowest BCUT2D eigenvalue weighted by Crippen LogP contribution is -2.32. The number of rotatable bonds is 5. The van der Waals surface area contributed by atoms with Gasteiger partial charge in [0, 0.05) is 14.1 Å². The third kappa shape index (κ3) is 3.67. The molecule has 0 aliphatic carbocycles. The number of nitrogens with zero attached hydrogens (tertiary/aromatic N) is 3. The van der Waals surface area contributed by atoms with Crippen LogP contribution in [0.15, 0.2) is 4.52 Å². The number of hydrogen-bond acceptors (Lipinski definition) is 6. The molecular weight excluding hydrogens is 220 g/mol. The van der Waals surface area contributed by atoms with Gasteiger partial charge in [-0.1, -0.05) is 0 Å². The van der Waals surface area contributed by atoms with Gasteiger partial charge in [-0.25, -0.2) is 0 Å². The van der Waals surface area contributed by atoms with E-state index < -0.39 is 0 Å². The summed E-state index contributed by atoms with van der Waals surface area (Å²) in [6.45, 7) is 2.76. The highest BCUT2D eigenvalue weighted by Crippen LogP contribution is 2.09. The van der Waals surface area contributed by atoms with Gasteiger partial charge in [0.2, 0.25) is 5.89 Å². The van der Waals surface area contributed by atoms with Gasteiger partial charge in [-0.2, -0.15) is 4.98 Å². The minimum Gasteiger partial charge on any atom is -0.378 e. The van der Waals surface area contributed by atoms with E-state index in [1.165, 1.54) is 0 Å². The molecule has 0 aromatic carbocycles. The first-order valence-electron chi connectivity index (χ1n) is 6.08. The van der Waals surface area contributed by atoms with Crippen molar-refractivity contribution in [2.24, 2.45) is 0 Å². The van der Waals surface area contributed by atoms with Crippen molar-refractivity contribution in [2.75, 3.05) is 38.7 Å². The number of hydrogen-bond donors (Lipinski definition) is 1. The van der Waals surface area contributed by atoms with Crippen LogP contribution in [0.25, 0.3) is 0 Å². The molecule has 6 nitrogen and oxygen atoms in total. The van der Waals surface area contributed by atoms with Crippen LogP contribution in [0.3, 0.4) is 0 Å². The largest absolute Gasteiger partial charge is 0.378 e. The first-order chi connectivity index (χ1) is 8.25. The molecule has 1 aliphatic rings. The van der Waals surface area contributed by atoms with Gasteiger partial charge < -0.3 is 19.5 Å². The van der Waals surface area contributed by atoms with Crippen LogP contribution in [0, 0.1) is 0 Å². The van der Waals surface area contributed by atoms with E-state index in [1.807, 2.05) is 19.0 Å². The van der Waals surface area contributed by atoms with Crippen LogP contribution in [-0.4, -0.2) is 50.0 Å². The predicted molar refractivity (Wildman–Crippen MR) is 64.2 cm³/mol. The predicted octanol–water partition coefficient (Wildman–Crippen LogP) is 0.447. The number of ether oxygens (including phenoxy) is 1. The van der Waals surface area contributed by atoms with E-state index in [0.717, 1.165) is 25.9 Å². The lowest BCUT2D eigenvalue weighted by molar-refractivity contribution is 0.0322. The van der Waals surface area contributed by atoms with E-state index in [2.05, 4.69) is 15.5 Å². The van der Waals surface area contributed by atoms with Crippen molar-refractivity contribution in [2.45, 2.75) is 25.4 Å². The van der Waals surface area contributed by atoms with E-state index in [1.54, 1.807) is 0 Å². The van der Waals surface area contributed by atoms with Crippen LogP contribution < -0.4 is 10.2 Å². The summed E-state index contributed by atoms with van der Waals surface area (Å²) in [6.07, 6.45) is 3.25. The first kappa shape index (κ1) is 12.3. The summed E-state index contributed by atoms with van der Waals surface area (Å²) in [6, 6.07) is 0. The fraction of sp³-hybridized carbons (Fsp3) is 0.818. The smallest absolute Gasteiger partial charge is 0.265 e. The minimum absolute atomic E-state index is 0.382. The molecule has 2 heterocycles. The Bertz CT molecular complexity index is 334. The molecule has 0 radical (unpaired) electrons. The van der Waals surface area contributed by atoms with Crippen LogP contribution in [0.1, 0.15) is 18.7 Å². The lowest BCUT2D eigenvalue weighted by Gasteiger charge is -2.22. The molecule has 0 unspecified atom stereocenters. The van der Waals surface area contributed by atoms with Crippen molar-refractivity contribution in [1.82, 2.24) is 15.5 Å². The van der Waals surface area contributed by atoms with Crippen molar-refractivity contribution < 1.29 is 9.26 Å². The van der Waals surface area contributed by atoms with E-state index in [9.17, 15) is 0 Å². The van der Waals surface area contributed by atoms with E-state index in [0.29, 0.717) is 31.0 Å². The third-order valence-electron chi connectivity index (χ3n) is 2.81.